The molecular formula is C25H26FN9O2. The van der Waals surface area contributed by atoms with Crippen LogP contribution in [-0.2, 0) is 17.9 Å². The minimum atomic E-state index is -0.563. The smallest absolute Gasteiger partial charge is 0.270 e. The highest BCUT2D eigenvalue weighted by molar-refractivity contribution is 5.93. The standard InChI is InChI=1S/C25H26FN9O2/c1-33-31-21(14-35(33)13-17-12-34-11-16(15-3-4-15)5-8-23(34)29-17)25(36)27-9-19-18(20-10-28-32-30-20)6-7-22(37-2)24(19)26/h5-8,10-12,14-15,31H,3-4,9,13H2,1-2H3,(H,27,36)(H,28,30,32). The van der Waals surface area contributed by atoms with E-state index in [0.717, 1.165) is 11.3 Å². The van der Waals surface area contributed by atoms with Crippen LogP contribution in [0, 0.1) is 5.82 Å². The van der Waals surface area contributed by atoms with Gasteiger partial charge in [0.15, 0.2) is 11.6 Å². The molecule has 11 nitrogen and oxygen atoms in total. The predicted molar refractivity (Wildman–Crippen MR) is 132 cm³/mol. The second kappa shape index (κ2) is 9.21. The third-order valence-electron chi connectivity index (χ3n) is 6.63. The van der Waals surface area contributed by atoms with Crippen LogP contribution in [0.3, 0.4) is 0 Å². The number of ether oxygens (including phenoxy) is 1. The molecule has 1 aliphatic carbocycles. The van der Waals surface area contributed by atoms with Crippen LogP contribution in [0.15, 0.2) is 54.8 Å². The van der Waals surface area contributed by atoms with E-state index < -0.39 is 5.82 Å². The molecule has 1 aromatic carbocycles. The van der Waals surface area contributed by atoms with Crippen molar-refractivity contribution in [1.29, 1.82) is 0 Å². The minimum absolute atomic E-state index is 0.0669. The summed E-state index contributed by atoms with van der Waals surface area (Å²) in [5.74, 6) is -0.193. The molecule has 1 saturated carbocycles. The Bertz CT molecular complexity index is 1490. The van der Waals surface area contributed by atoms with Gasteiger partial charge >= 0.3 is 0 Å². The van der Waals surface area contributed by atoms with Crippen LogP contribution in [0.2, 0.25) is 0 Å². The molecule has 0 spiro atoms. The lowest BCUT2D eigenvalue weighted by molar-refractivity contribution is -0.118. The molecule has 3 aromatic heterocycles. The van der Waals surface area contributed by atoms with Gasteiger partial charge < -0.3 is 14.5 Å². The molecule has 0 bridgehead atoms. The monoisotopic (exact) mass is 503 g/mol. The summed E-state index contributed by atoms with van der Waals surface area (Å²) in [5.41, 5.74) is 7.69. The Kier molecular flexibility index (Phi) is 5.72. The van der Waals surface area contributed by atoms with Crippen LogP contribution in [0.4, 0.5) is 4.39 Å². The fraction of sp³-hybridized carbons (Fsp3) is 0.280. The van der Waals surface area contributed by atoms with Crippen LogP contribution in [0.5, 0.6) is 5.75 Å². The van der Waals surface area contributed by atoms with Crippen molar-refractivity contribution in [2.24, 2.45) is 0 Å². The third-order valence-corrected chi connectivity index (χ3v) is 6.63. The van der Waals surface area contributed by atoms with Crippen LogP contribution in [-0.4, -0.2) is 55.0 Å². The summed E-state index contributed by atoms with van der Waals surface area (Å²) in [6.45, 7) is 0.407. The zero-order valence-electron chi connectivity index (χ0n) is 20.4. The minimum Gasteiger partial charge on any atom is -0.494 e. The number of amides is 1. The number of carbonyl (C=O) groups excluding carboxylic acids is 1. The molecule has 1 aliphatic heterocycles. The maximum Gasteiger partial charge on any atom is 0.270 e. The van der Waals surface area contributed by atoms with E-state index in [-0.39, 0.29) is 23.8 Å². The van der Waals surface area contributed by atoms with Gasteiger partial charge in [0.25, 0.3) is 5.91 Å². The van der Waals surface area contributed by atoms with Crippen LogP contribution >= 0.6 is 0 Å². The first-order valence-electron chi connectivity index (χ1n) is 12.0. The van der Waals surface area contributed by atoms with E-state index in [2.05, 4.69) is 42.8 Å². The van der Waals surface area contributed by atoms with Crippen LogP contribution < -0.4 is 15.5 Å². The number of halogens is 1. The maximum absolute atomic E-state index is 15.1. The van der Waals surface area contributed by atoms with Gasteiger partial charge in [-0.3, -0.25) is 20.3 Å². The molecule has 4 aromatic rings. The zero-order valence-corrected chi connectivity index (χ0v) is 20.4. The van der Waals surface area contributed by atoms with Gasteiger partial charge in [-0.05, 0) is 42.5 Å². The van der Waals surface area contributed by atoms with E-state index in [1.165, 1.54) is 31.6 Å². The van der Waals surface area contributed by atoms with Gasteiger partial charge in [0, 0.05) is 43.3 Å². The normalized spacial score (nSPS) is 15.6. The summed E-state index contributed by atoms with van der Waals surface area (Å²) < 4.78 is 22.3. The number of aromatic amines is 1. The molecule has 12 heteroatoms. The van der Waals surface area contributed by atoms with E-state index in [9.17, 15) is 4.79 Å². The Morgan fingerprint density at radius 2 is 2.11 bits per heavy atom. The SMILES string of the molecule is COc1ccc(-c2c[nH]nn2)c(CNC(=O)C2=CN(Cc3cn4cc(C5CC5)ccc4n3)N(C)N2)c1F. The predicted octanol–water partition coefficient (Wildman–Crippen LogP) is 2.47. The second-order valence-corrected chi connectivity index (χ2v) is 9.16. The van der Waals surface area contributed by atoms with Gasteiger partial charge in [0.1, 0.15) is 17.0 Å². The Morgan fingerprint density at radius 1 is 1.24 bits per heavy atom. The number of carbonyl (C=O) groups is 1. The molecule has 1 fully saturated rings. The summed E-state index contributed by atoms with van der Waals surface area (Å²) in [7, 11) is 3.20. The van der Waals surface area contributed by atoms with Gasteiger partial charge in [0.05, 0.1) is 25.5 Å². The first-order chi connectivity index (χ1) is 18.0. The number of hydrogen-bond donors (Lipinski definition) is 3. The molecule has 0 radical (unpaired) electrons. The van der Waals surface area contributed by atoms with E-state index in [0.29, 0.717) is 29.4 Å². The molecule has 3 N–H and O–H groups in total. The van der Waals surface area contributed by atoms with E-state index in [1.54, 1.807) is 23.6 Å². The number of rotatable bonds is 8. The van der Waals surface area contributed by atoms with Crippen molar-refractivity contribution in [2.75, 3.05) is 14.2 Å². The van der Waals surface area contributed by atoms with Crippen molar-refractivity contribution in [2.45, 2.75) is 31.8 Å². The molecule has 1 amide bonds. The number of aromatic nitrogens is 5. The molecule has 0 unspecified atom stereocenters. The van der Waals surface area contributed by atoms with Crippen molar-refractivity contribution >= 4 is 11.6 Å². The number of imidazole rings is 1. The number of methoxy groups -OCH3 is 1. The lowest BCUT2D eigenvalue weighted by Gasteiger charge is -2.23. The summed E-state index contributed by atoms with van der Waals surface area (Å²) in [4.78, 5) is 17.7. The largest absolute Gasteiger partial charge is 0.494 e. The molecule has 0 atom stereocenters. The number of hydrazine groups is 2. The lowest BCUT2D eigenvalue weighted by Crippen LogP contribution is -2.40. The van der Waals surface area contributed by atoms with E-state index in [1.807, 2.05) is 24.3 Å². The number of hydrogen-bond acceptors (Lipinski definition) is 8. The van der Waals surface area contributed by atoms with Crippen molar-refractivity contribution in [3.05, 3.63) is 77.4 Å². The van der Waals surface area contributed by atoms with Crippen molar-refractivity contribution < 1.29 is 13.9 Å². The third kappa shape index (κ3) is 4.47. The quantitative estimate of drug-likeness (QED) is 0.336. The molecule has 190 valence electrons. The van der Waals surface area contributed by atoms with Crippen molar-refractivity contribution in [3.63, 3.8) is 0 Å². The van der Waals surface area contributed by atoms with E-state index >= 15 is 4.39 Å². The highest BCUT2D eigenvalue weighted by Gasteiger charge is 2.26. The summed E-state index contributed by atoms with van der Waals surface area (Å²) in [5, 5.41) is 16.6. The highest BCUT2D eigenvalue weighted by Crippen LogP contribution is 2.40. The average molecular weight is 504 g/mol. The van der Waals surface area contributed by atoms with E-state index in [4.69, 9.17) is 9.72 Å². The van der Waals surface area contributed by atoms with Gasteiger partial charge in [-0.2, -0.15) is 0 Å². The maximum atomic E-state index is 15.1. The second-order valence-electron chi connectivity index (χ2n) is 9.16. The zero-order chi connectivity index (χ0) is 25.5. The topological polar surface area (TPSA) is 116 Å². The Morgan fingerprint density at radius 3 is 2.86 bits per heavy atom. The molecule has 37 heavy (non-hydrogen) atoms. The Hall–Kier alpha value is -4.45. The number of H-pyrrole nitrogens is 1. The summed E-state index contributed by atoms with van der Waals surface area (Å²) in [6, 6.07) is 7.40. The van der Waals surface area contributed by atoms with Crippen LogP contribution in [0.25, 0.3) is 16.9 Å². The fourth-order valence-electron chi connectivity index (χ4n) is 4.49. The number of fused-ring (bicyclic) bond motifs is 1. The average Bonchev–Trinajstić information content (AvgIpc) is 3.27. The highest BCUT2D eigenvalue weighted by atomic mass is 19.1. The molecule has 4 heterocycles. The number of benzene rings is 1. The fourth-order valence-corrected chi connectivity index (χ4v) is 4.49. The van der Waals surface area contributed by atoms with Gasteiger partial charge in [0.2, 0.25) is 0 Å². The molecule has 2 aliphatic rings. The molecule has 0 saturated heterocycles. The summed E-state index contributed by atoms with van der Waals surface area (Å²) >= 11 is 0. The first kappa shape index (κ1) is 23.0. The first-order valence-corrected chi connectivity index (χ1v) is 12.0. The molecular weight excluding hydrogens is 477 g/mol. The number of nitrogens with zero attached hydrogens (tertiary/aromatic N) is 6. The Labute approximate surface area is 211 Å². The number of nitrogens with one attached hydrogen (secondary N) is 3. The summed E-state index contributed by atoms with van der Waals surface area (Å²) in [6.07, 6.45) is 9.92. The van der Waals surface area contributed by atoms with Gasteiger partial charge in [-0.1, -0.05) is 11.3 Å². The van der Waals surface area contributed by atoms with Crippen molar-refractivity contribution in [1.82, 2.24) is 45.7 Å². The molecule has 6 rings (SSSR count). The van der Waals surface area contributed by atoms with Crippen molar-refractivity contribution in [3.8, 4) is 17.0 Å². The van der Waals surface area contributed by atoms with Crippen LogP contribution in [0.1, 0.15) is 35.6 Å². The van der Waals surface area contributed by atoms with Gasteiger partial charge in [-0.25, -0.2) is 9.37 Å². The lowest BCUT2D eigenvalue weighted by atomic mass is 10.0. The van der Waals surface area contributed by atoms with Gasteiger partial charge in [-0.15, -0.1) is 10.2 Å². The Balaban J connectivity index is 1.16. The number of pyridine rings is 1.